The minimum Gasteiger partial charge on any atom is -0.383 e. The average Bonchev–Trinajstić information content (AvgIpc) is 2.17. The summed E-state index contributed by atoms with van der Waals surface area (Å²) in [5.41, 5.74) is 6.15. The van der Waals surface area contributed by atoms with Crippen molar-refractivity contribution in [3.05, 3.63) is 21.7 Å². The lowest BCUT2D eigenvalue weighted by atomic mass is 10.1. The molecular formula is C11H19N3O2. The van der Waals surface area contributed by atoms with Gasteiger partial charge in [0.15, 0.2) is 0 Å². The van der Waals surface area contributed by atoms with E-state index in [0.29, 0.717) is 17.2 Å². The Labute approximate surface area is 95.0 Å². The molecule has 1 aromatic heterocycles. The van der Waals surface area contributed by atoms with Gasteiger partial charge in [-0.3, -0.25) is 4.79 Å². The average molecular weight is 225 g/mol. The van der Waals surface area contributed by atoms with E-state index in [1.54, 1.807) is 7.11 Å². The summed E-state index contributed by atoms with van der Waals surface area (Å²) in [7, 11) is 1.58. The van der Waals surface area contributed by atoms with Crippen LogP contribution in [0.2, 0.25) is 0 Å². The zero-order valence-corrected chi connectivity index (χ0v) is 10.2. The van der Waals surface area contributed by atoms with Gasteiger partial charge in [-0.1, -0.05) is 20.8 Å². The molecule has 5 nitrogen and oxygen atoms in total. The van der Waals surface area contributed by atoms with Crippen molar-refractivity contribution in [1.29, 1.82) is 0 Å². The molecule has 0 radical (unpaired) electrons. The Morgan fingerprint density at radius 3 is 2.50 bits per heavy atom. The summed E-state index contributed by atoms with van der Waals surface area (Å²) in [5, 5.41) is 0. The number of aromatic amines is 1. The summed E-state index contributed by atoms with van der Waals surface area (Å²) in [4.78, 5) is 18.7. The molecule has 0 amide bonds. The molecule has 0 bridgehead atoms. The lowest BCUT2D eigenvalue weighted by Gasteiger charge is -2.14. The molecule has 0 aliphatic heterocycles. The van der Waals surface area contributed by atoms with Gasteiger partial charge in [0.2, 0.25) is 0 Å². The van der Waals surface area contributed by atoms with Gasteiger partial charge in [-0.2, -0.15) is 0 Å². The van der Waals surface area contributed by atoms with E-state index in [1.807, 2.05) is 20.8 Å². The number of rotatable bonds is 4. The predicted octanol–water partition coefficient (Wildman–Crippen LogP) is 1.57. The van der Waals surface area contributed by atoms with Gasteiger partial charge in [-0.15, -0.1) is 0 Å². The number of hydrogen-bond acceptors (Lipinski definition) is 4. The number of hydrogen-bond donors (Lipinski definition) is 2. The highest BCUT2D eigenvalue weighted by Crippen LogP contribution is 2.19. The van der Waals surface area contributed by atoms with E-state index in [4.69, 9.17) is 10.5 Å². The van der Waals surface area contributed by atoms with Gasteiger partial charge in [-0.25, -0.2) is 4.98 Å². The molecule has 1 aromatic rings. The van der Waals surface area contributed by atoms with Gasteiger partial charge in [0.25, 0.3) is 5.56 Å². The van der Waals surface area contributed by atoms with E-state index in [1.165, 1.54) is 0 Å². The van der Waals surface area contributed by atoms with Crippen molar-refractivity contribution in [3.8, 4) is 0 Å². The second-order valence-corrected chi connectivity index (χ2v) is 4.04. The Hall–Kier alpha value is -1.36. The van der Waals surface area contributed by atoms with Crippen LogP contribution in [0, 0.1) is 0 Å². The van der Waals surface area contributed by atoms with Crippen LogP contribution in [0.4, 0.5) is 5.82 Å². The Morgan fingerprint density at radius 1 is 1.50 bits per heavy atom. The Kier molecular flexibility index (Phi) is 4.06. The molecule has 0 saturated heterocycles. The number of nitrogens with zero attached hydrogens (tertiary/aromatic N) is 1. The number of aromatic nitrogens is 2. The molecule has 0 aliphatic rings. The van der Waals surface area contributed by atoms with Crippen molar-refractivity contribution in [2.75, 3.05) is 12.8 Å². The molecular weight excluding hydrogens is 206 g/mol. The number of methoxy groups -OCH3 is 1. The monoisotopic (exact) mass is 225 g/mol. The first-order chi connectivity index (χ1) is 7.51. The first-order valence-electron chi connectivity index (χ1n) is 5.43. The highest BCUT2D eigenvalue weighted by Gasteiger charge is 2.16. The Bertz CT molecular complexity index is 408. The quantitative estimate of drug-likeness (QED) is 0.815. The molecule has 16 heavy (non-hydrogen) atoms. The number of nitrogens with one attached hydrogen (secondary N) is 1. The third-order valence-corrected chi connectivity index (χ3v) is 2.54. The number of ether oxygens (including phenoxy) is 1. The van der Waals surface area contributed by atoms with Crippen LogP contribution in [0.15, 0.2) is 4.79 Å². The molecule has 1 rings (SSSR count). The van der Waals surface area contributed by atoms with Gasteiger partial charge >= 0.3 is 0 Å². The minimum atomic E-state index is -0.212. The first kappa shape index (κ1) is 12.7. The van der Waals surface area contributed by atoms with Gasteiger partial charge in [0, 0.05) is 7.11 Å². The minimum absolute atomic E-state index is 0.0629. The van der Waals surface area contributed by atoms with E-state index in [-0.39, 0.29) is 17.6 Å². The summed E-state index contributed by atoms with van der Waals surface area (Å²) < 4.78 is 5.21. The van der Waals surface area contributed by atoms with Crippen molar-refractivity contribution in [2.45, 2.75) is 39.2 Å². The maximum atomic E-state index is 11.8. The standard InChI is InChI=1S/C11H19N3O2/c1-5-7(16-4)10-13-9(12)8(6(2)3)11(15)14-10/h6-7H,5H2,1-4H3,(H3,12,13,14,15). The van der Waals surface area contributed by atoms with E-state index < -0.39 is 0 Å². The highest BCUT2D eigenvalue weighted by molar-refractivity contribution is 5.39. The molecule has 0 aliphatic carbocycles. The van der Waals surface area contributed by atoms with Crippen molar-refractivity contribution in [2.24, 2.45) is 0 Å². The molecule has 1 atom stereocenters. The molecule has 1 unspecified atom stereocenters. The van der Waals surface area contributed by atoms with Crippen molar-refractivity contribution in [3.63, 3.8) is 0 Å². The van der Waals surface area contributed by atoms with Crippen LogP contribution >= 0.6 is 0 Å². The summed E-state index contributed by atoms with van der Waals surface area (Å²) in [6, 6.07) is 0. The van der Waals surface area contributed by atoms with Crippen molar-refractivity contribution >= 4 is 5.82 Å². The van der Waals surface area contributed by atoms with Gasteiger partial charge < -0.3 is 15.5 Å². The highest BCUT2D eigenvalue weighted by atomic mass is 16.5. The topological polar surface area (TPSA) is 81.0 Å². The Morgan fingerprint density at radius 2 is 2.12 bits per heavy atom. The fraction of sp³-hybridized carbons (Fsp3) is 0.636. The number of anilines is 1. The SMILES string of the molecule is CCC(OC)c1nc(N)c(C(C)C)c(=O)[nH]1. The molecule has 1 heterocycles. The van der Waals surface area contributed by atoms with Crippen molar-refractivity contribution in [1.82, 2.24) is 9.97 Å². The largest absolute Gasteiger partial charge is 0.383 e. The van der Waals surface area contributed by atoms with Crippen LogP contribution in [-0.4, -0.2) is 17.1 Å². The summed E-state index contributed by atoms with van der Waals surface area (Å²) in [6.45, 7) is 5.78. The smallest absolute Gasteiger partial charge is 0.256 e. The van der Waals surface area contributed by atoms with Crippen molar-refractivity contribution < 1.29 is 4.74 Å². The number of H-pyrrole nitrogens is 1. The van der Waals surface area contributed by atoms with Crippen LogP contribution in [0.1, 0.15) is 50.6 Å². The van der Waals surface area contributed by atoms with Gasteiger partial charge in [0.05, 0.1) is 5.56 Å². The summed E-state index contributed by atoms with van der Waals surface area (Å²) >= 11 is 0. The molecule has 0 fully saturated rings. The second kappa shape index (κ2) is 5.12. The van der Waals surface area contributed by atoms with Crippen LogP contribution in [-0.2, 0) is 4.74 Å². The van der Waals surface area contributed by atoms with Gasteiger partial charge in [0.1, 0.15) is 17.7 Å². The molecule has 90 valence electrons. The third kappa shape index (κ3) is 2.41. The van der Waals surface area contributed by atoms with E-state index in [9.17, 15) is 4.79 Å². The van der Waals surface area contributed by atoms with E-state index >= 15 is 0 Å². The first-order valence-corrected chi connectivity index (χ1v) is 5.43. The number of nitrogen functional groups attached to an aromatic ring is 1. The van der Waals surface area contributed by atoms with Crippen LogP contribution < -0.4 is 11.3 Å². The van der Waals surface area contributed by atoms with E-state index in [0.717, 1.165) is 6.42 Å². The van der Waals surface area contributed by atoms with Crippen LogP contribution in [0.5, 0.6) is 0 Å². The van der Waals surface area contributed by atoms with Gasteiger partial charge in [-0.05, 0) is 12.3 Å². The number of nitrogens with two attached hydrogens (primary N) is 1. The fourth-order valence-corrected chi connectivity index (χ4v) is 1.70. The Balaban J connectivity index is 3.24. The molecule has 5 heteroatoms. The second-order valence-electron chi connectivity index (χ2n) is 4.04. The molecule has 0 saturated carbocycles. The van der Waals surface area contributed by atoms with E-state index in [2.05, 4.69) is 9.97 Å². The molecule has 0 aromatic carbocycles. The summed E-state index contributed by atoms with van der Waals surface area (Å²) in [5.74, 6) is 0.856. The lowest BCUT2D eigenvalue weighted by Crippen LogP contribution is -2.22. The molecule has 3 N–H and O–H groups in total. The van der Waals surface area contributed by atoms with Crippen LogP contribution in [0.25, 0.3) is 0 Å². The summed E-state index contributed by atoms with van der Waals surface area (Å²) in [6.07, 6.45) is 0.524. The third-order valence-electron chi connectivity index (χ3n) is 2.54. The lowest BCUT2D eigenvalue weighted by molar-refractivity contribution is 0.0924. The fourth-order valence-electron chi connectivity index (χ4n) is 1.70. The zero-order chi connectivity index (χ0) is 12.3. The normalized spacial score (nSPS) is 13.1. The maximum absolute atomic E-state index is 11.8. The predicted molar refractivity (Wildman–Crippen MR) is 63.4 cm³/mol. The zero-order valence-electron chi connectivity index (χ0n) is 10.2. The maximum Gasteiger partial charge on any atom is 0.256 e. The molecule has 0 spiro atoms. The van der Waals surface area contributed by atoms with Crippen LogP contribution in [0.3, 0.4) is 0 Å².